The van der Waals surface area contributed by atoms with Crippen LogP contribution >= 0.6 is 23.2 Å². The third-order valence-electron chi connectivity index (χ3n) is 4.19. The van der Waals surface area contributed by atoms with Crippen molar-refractivity contribution in [2.24, 2.45) is 0 Å². The average Bonchev–Trinajstić information content (AvgIpc) is 3.19. The Morgan fingerprint density at radius 1 is 1.33 bits per heavy atom. The molecule has 0 saturated carbocycles. The summed E-state index contributed by atoms with van der Waals surface area (Å²) in [6.07, 6.45) is 6.35. The van der Waals surface area contributed by atoms with E-state index in [-0.39, 0.29) is 0 Å². The Morgan fingerprint density at radius 2 is 2.17 bits per heavy atom. The number of aromatic nitrogens is 1. The molecule has 4 nitrogen and oxygen atoms in total. The molecule has 0 aliphatic carbocycles. The number of ether oxygens (including phenoxy) is 1. The molecule has 1 saturated heterocycles. The predicted octanol–water partition coefficient (Wildman–Crippen LogP) is 4.40. The van der Waals surface area contributed by atoms with Crippen LogP contribution in [0.3, 0.4) is 0 Å². The first kappa shape index (κ1) is 17.3. The molecular formula is C18H19Cl2N3O. The maximum atomic E-state index is 9.44. The first-order valence-electron chi connectivity index (χ1n) is 7.93. The lowest BCUT2D eigenvalue weighted by atomic mass is 10.1. The highest BCUT2D eigenvalue weighted by Gasteiger charge is 2.18. The molecule has 1 atom stereocenters. The molecule has 24 heavy (non-hydrogen) atoms. The van der Waals surface area contributed by atoms with Crippen LogP contribution in [0, 0.1) is 11.3 Å². The number of benzene rings is 1. The third-order valence-corrected chi connectivity index (χ3v) is 5.01. The van der Waals surface area contributed by atoms with Gasteiger partial charge in [0.25, 0.3) is 0 Å². The van der Waals surface area contributed by atoms with Gasteiger partial charge in [0.1, 0.15) is 6.07 Å². The summed E-state index contributed by atoms with van der Waals surface area (Å²) in [7, 11) is 2.06. The van der Waals surface area contributed by atoms with E-state index in [2.05, 4.69) is 18.0 Å². The molecule has 0 N–H and O–H groups in total. The highest BCUT2D eigenvalue weighted by atomic mass is 35.5. The molecule has 0 bridgehead atoms. The highest BCUT2D eigenvalue weighted by molar-refractivity contribution is 6.43. The smallest absolute Gasteiger partial charge is 0.101 e. The van der Waals surface area contributed by atoms with Gasteiger partial charge in [-0.15, -0.1) is 0 Å². The number of nitriles is 1. The van der Waals surface area contributed by atoms with Crippen molar-refractivity contribution in [1.82, 2.24) is 9.47 Å². The number of rotatable bonds is 5. The second-order valence-electron chi connectivity index (χ2n) is 6.13. The average molecular weight is 364 g/mol. The van der Waals surface area contributed by atoms with Crippen molar-refractivity contribution in [3.63, 3.8) is 0 Å². The maximum absolute atomic E-state index is 9.44. The van der Waals surface area contributed by atoms with E-state index in [0.29, 0.717) is 28.4 Å². The topological polar surface area (TPSA) is 41.2 Å². The molecule has 1 aliphatic heterocycles. The number of likely N-dealkylation sites (N-methyl/N-ethyl adjacent to an activating group) is 1. The van der Waals surface area contributed by atoms with E-state index in [4.69, 9.17) is 27.9 Å². The number of nitrogens with zero attached hydrogens (tertiary/aromatic N) is 3. The van der Waals surface area contributed by atoms with Crippen LogP contribution in [0.2, 0.25) is 10.0 Å². The first-order chi connectivity index (χ1) is 11.6. The summed E-state index contributed by atoms with van der Waals surface area (Å²) in [6.45, 7) is 2.43. The Kier molecular flexibility index (Phi) is 5.47. The molecule has 0 amide bonds. The molecule has 1 aromatic carbocycles. The van der Waals surface area contributed by atoms with Crippen molar-refractivity contribution >= 4 is 23.2 Å². The van der Waals surface area contributed by atoms with Gasteiger partial charge >= 0.3 is 0 Å². The predicted molar refractivity (Wildman–Crippen MR) is 96.2 cm³/mol. The summed E-state index contributed by atoms with van der Waals surface area (Å²) in [4.78, 5) is 2.19. The van der Waals surface area contributed by atoms with E-state index in [9.17, 15) is 5.26 Å². The van der Waals surface area contributed by atoms with Crippen LogP contribution in [0.4, 0.5) is 0 Å². The van der Waals surface area contributed by atoms with E-state index in [0.717, 1.165) is 37.1 Å². The van der Waals surface area contributed by atoms with Gasteiger partial charge in [-0.25, -0.2) is 0 Å². The summed E-state index contributed by atoms with van der Waals surface area (Å²) >= 11 is 12.4. The lowest BCUT2D eigenvalue weighted by Gasteiger charge is -2.20. The fraction of sp³-hybridized carbons (Fsp3) is 0.389. The van der Waals surface area contributed by atoms with Crippen LogP contribution in [-0.4, -0.2) is 35.8 Å². The number of hydrogen-bond acceptors (Lipinski definition) is 3. The summed E-state index contributed by atoms with van der Waals surface area (Å²) in [5, 5.41) is 10.4. The van der Waals surface area contributed by atoms with Crippen molar-refractivity contribution < 1.29 is 4.74 Å². The van der Waals surface area contributed by atoms with Gasteiger partial charge in [0, 0.05) is 36.7 Å². The molecule has 0 radical (unpaired) electrons. The Hall–Kier alpha value is -1.51. The second kappa shape index (κ2) is 7.58. The van der Waals surface area contributed by atoms with Crippen LogP contribution in [0.5, 0.6) is 0 Å². The number of halogens is 2. The lowest BCUT2D eigenvalue weighted by Crippen LogP contribution is -2.30. The number of hydrogen-bond donors (Lipinski definition) is 0. The van der Waals surface area contributed by atoms with Gasteiger partial charge in [0.15, 0.2) is 0 Å². The molecule has 2 heterocycles. The van der Waals surface area contributed by atoms with Gasteiger partial charge in [-0.2, -0.15) is 5.26 Å². The Labute approximate surface area is 152 Å². The van der Waals surface area contributed by atoms with E-state index >= 15 is 0 Å². The Balaban J connectivity index is 1.80. The van der Waals surface area contributed by atoms with Crippen molar-refractivity contribution in [1.29, 1.82) is 5.26 Å². The van der Waals surface area contributed by atoms with Gasteiger partial charge in [-0.1, -0.05) is 35.3 Å². The molecular weight excluding hydrogens is 345 g/mol. The van der Waals surface area contributed by atoms with Gasteiger partial charge in [0.05, 0.1) is 28.4 Å². The SMILES string of the molecule is CN(CC1CCCO1)Cn1cc(C#N)c(-c2cccc(Cl)c2Cl)c1. The fourth-order valence-corrected chi connectivity index (χ4v) is 3.48. The van der Waals surface area contributed by atoms with Gasteiger partial charge in [-0.3, -0.25) is 4.90 Å². The van der Waals surface area contributed by atoms with E-state index < -0.39 is 0 Å². The largest absolute Gasteiger partial charge is 0.377 e. The molecule has 2 aromatic rings. The summed E-state index contributed by atoms with van der Waals surface area (Å²) in [5.74, 6) is 0. The van der Waals surface area contributed by atoms with Crippen LogP contribution in [0.15, 0.2) is 30.6 Å². The van der Waals surface area contributed by atoms with E-state index in [1.165, 1.54) is 0 Å². The summed E-state index contributed by atoms with van der Waals surface area (Å²) < 4.78 is 7.67. The monoisotopic (exact) mass is 363 g/mol. The molecule has 0 spiro atoms. The Morgan fingerprint density at radius 3 is 2.88 bits per heavy atom. The van der Waals surface area contributed by atoms with Crippen molar-refractivity contribution in [3.05, 3.63) is 46.2 Å². The molecule has 1 aromatic heterocycles. The summed E-state index contributed by atoms with van der Waals surface area (Å²) in [5.41, 5.74) is 2.17. The van der Waals surface area contributed by atoms with Crippen molar-refractivity contribution in [2.75, 3.05) is 20.2 Å². The van der Waals surface area contributed by atoms with Crippen LogP contribution in [-0.2, 0) is 11.4 Å². The summed E-state index contributed by atoms with van der Waals surface area (Å²) in [6, 6.07) is 7.70. The van der Waals surface area contributed by atoms with Crippen LogP contribution in [0.25, 0.3) is 11.1 Å². The zero-order valence-electron chi connectivity index (χ0n) is 13.5. The minimum atomic E-state index is 0.308. The highest BCUT2D eigenvalue weighted by Crippen LogP contribution is 2.35. The van der Waals surface area contributed by atoms with Crippen molar-refractivity contribution in [2.45, 2.75) is 25.6 Å². The molecule has 1 unspecified atom stereocenters. The molecule has 6 heteroatoms. The Bertz CT molecular complexity index is 760. The van der Waals surface area contributed by atoms with Crippen LogP contribution in [0.1, 0.15) is 18.4 Å². The van der Waals surface area contributed by atoms with E-state index in [1.54, 1.807) is 6.07 Å². The van der Waals surface area contributed by atoms with Gasteiger partial charge in [0.2, 0.25) is 0 Å². The zero-order valence-corrected chi connectivity index (χ0v) is 15.0. The van der Waals surface area contributed by atoms with E-state index in [1.807, 2.05) is 29.1 Å². The van der Waals surface area contributed by atoms with Crippen LogP contribution < -0.4 is 0 Å². The quantitative estimate of drug-likeness (QED) is 0.790. The third kappa shape index (κ3) is 3.76. The fourth-order valence-electron chi connectivity index (χ4n) is 3.08. The molecule has 1 aliphatic rings. The molecule has 3 rings (SSSR count). The molecule has 126 valence electrons. The van der Waals surface area contributed by atoms with Gasteiger partial charge in [-0.05, 0) is 26.0 Å². The molecule has 1 fully saturated rings. The van der Waals surface area contributed by atoms with Crippen molar-refractivity contribution in [3.8, 4) is 17.2 Å². The minimum absolute atomic E-state index is 0.308. The zero-order chi connectivity index (χ0) is 17.1. The standard InChI is InChI=1S/C18H19Cl2N3O/c1-22(10-14-4-3-7-24-14)12-23-9-13(8-21)16(11-23)15-5-2-6-17(19)18(15)20/h2,5-6,9,11,14H,3-4,7,10,12H2,1H3. The maximum Gasteiger partial charge on any atom is 0.101 e. The van der Waals surface area contributed by atoms with Gasteiger partial charge < -0.3 is 9.30 Å². The lowest BCUT2D eigenvalue weighted by molar-refractivity contribution is 0.0726. The first-order valence-corrected chi connectivity index (χ1v) is 8.68. The minimum Gasteiger partial charge on any atom is -0.377 e. The normalized spacial score (nSPS) is 17.4. The second-order valence-corrected chi connectivity index (χ2v) is 6.91.